The fraction of sp³-hybridized carbons (Fsp3) is 0.308. The summed E-state index contributed by atoms with van der Waals surface area (Å²) in [4.78, 5) is 6.71. The molecule has 0 fully saturated rings. The molecule has 2 rings (SSSR count). The molecule has 17 heavy (non-hydrogen) atoms. The summed E-state index contributed by atoms with van der Waals surface area (Å²) in [6.45, 7) is 6.09. The summed E-state index contributed by atoms with van der Waals surface area (Å²) in [5.74, 6) is 0. The first kappa shape index (κ1) is 12.2. The van der Waals surface area contributed by atoms with E-state index in [9.17, 15) is 0 Å². The fourth-order valence-electron chi connectivity index (χ4n) is 1.74. The molecule has 0 unspecified atom stereocenters. The lowest BCUT2D eigenvalue weighted by Crippen LogP contribution is -2.26. The zero-order chi connectivity index (χ0) is 12.1. The first-order valence-corrected chi connectivity index (χ1v) is 6.43. The number of thiazole rings is 1. The van der Waals surface area contributed by atoms with E-state index < -0.39 is 0 Å². The molecule has 0 bridgehead atoms. The van der Waals surface area contributed by atoms with Crippen LogP contribution in [0.4, 0.5) is 0 Å². The molecular formula is C13H16N2OS. The summed E-state index contributed by atoms with van der Waals surface area (Å²) in [6, 6.07) is 8.14. The number of hydrogen-bond donors (Lipinski definition) is 1. The maximum atomic E-state index is 8.99. The monoisotopic (exact) mass is 248 g/mol. The predicted molar refractivity (Wildman–Crippen MR) is 72.2 cm³/mol. The Morgan fingerprint density at radius 3 is 2.94 bits per heavy atom. The van der Waals surface area contributed by atoms with Gasteiger partial charge in [0.1, 0.15) is 5.01 Å². The summed E-state index contributed by atoms with van der Waals surface area (Å²) in [6.07, 6.45) is 1.85. The Morgan fingerprint density at radius 2 is 2.24 bits per heavy atom. The van der Waals surface area contributed by atoms with E-state index >= 15 is 0 Å². The number of aliphatic hydroxyl groups excluding tert-OH is 1. The molecular weight excluding hydrogens is 232 g/mol. The Morgan fingerprint density at radius 1 is 1.41 bits per heavy atom. The molecule has 0 aliphatic carbocycles. The van der Waals surface area contributed by atoms with E-state index in [0.717, 1.165) is 23.6 Å². The minimum absolute atomic E-state index is 0.165. The molecule has 1 N–H and O–H groups in total. The molecule has 1 aromatic heterocycles. The SMILES string of the molecule is C=CCN(CCO)Cc1nc2ccccc2s1. The average Bonchev–Trinajstić information content (AvgIpc) is 2.71. The van der Waals surface area contributed by atoms with Crippen LogP contribution in [0.25, 0.3) is 10.2 Å². The quantitative estimate of drug-likeness (QED) is 0.797. The van der Waals surface area contributed by atoms with Gasteiger partial charge in [-0.3, -0.25) is 4.90 Å². The molecule has 90 valence electrons. The highest BCUT2D eigenvalue weighted by Gasteiger charge is 2.08. The third-order valence-corrected chi connectivity index (χ3v) is 3.52. The van der Waals surface area contributed by atoms with Crippen molar-refractivity contribution in [3.63, 3.8) is 0 Å². The van der Waals surface area contributed by atoms with Crippen LogP contribution in [0.1, 0.15) is 5.01 Å². The molecule has 0 saturated heterocycles. The predicted octanol–water partition coefficient (Wildman–Crippen LogP) is 2.28. The van der Waals surface area contributed by atoms with E-state index in [0.29, 0.717) is 6.54 Å². The number of benzene rings is 1. The number of hydrogen-bond acceptors (Lipinski definition) is 4. The maximum absolute atomic E-state index is 8.99. The number of para-hydroxylation sites is 1. The average molecular weight is 248 g/mol. The van der Waals surface area contributed by atoms with E-state index in [4.69, 9.17) is 5.11 Å². The smallest absolute Gasteiger partial charge is 0.108 e. The van der Waals surface area contributed by atoms with E-state index in [2.05, 4.69) is 22.5 Å². The maximum Gasteiger partial charge on any atom is 0.108 e. The minimum Gasteiger partial charge on any atom is -0.395 e. The van der Waals surface area contributed by atoms with Crippen LogP contribution < -0.4 is 0 Å². The van der Waals surface area contributed by atoms with Crippen LogP contribution in [-0.4, -0.2) is 34.7 Å². The van der Waals surface area contributed by atoms with Gasteiger partial charge in [-0.15, -0.1) is 17.9 Å². The van der Waals surface area contributed by atoms with Gasteiger partial charge in [0.2, 0.25) is 0 Å². The van der Waals surface area contributed by atoms with E-state index in [1.165, 1.54) is 4.70 Å². The molecule has 0 saturated carbocycles. The summed E-state index contributed by atoms with van der Waals surface area (Å²) < 4.78 is 1.21. The molecule has 3 nitrogen and oxygen atoms in total. The fourth-order valence-corrected chi connectivity index (χ4v) is 2.75. The van der Waals surface area contributed by atoms with Crippen molar-refractivity contribution in [1.82, 2.24) is 9.88 Å². The molecule has 0 aliphatic heterocycles. The van der Waals surface area contributed by atoms with Gasteiger partial charge in [0.15, 0.2) is 0 Å². The summed E-state index contributed by atoms with van der Waals surface area (Å²) in [5, 5.41) is 10.1. The summed E-state index contributed by atoms with van der Waals surface area (Å²) in [5.41, 5.74) is 1.05. The van der Waals surface area contributed by atoms with Crippen molar-refractivity contribution < 1.29 is 5.11 Å². The first-order chi connectivity index (χ1) is 8.33. The first-order valence-electron chi connectivity index (χ1n) is 5.62. The highest BCUT2D eigenvalue weighted by Crippen LogP contribution is 2.22. The molecule has 0 spiro atoms. The normalized spacial score (nSPS) is 11.2. The van der Waals surface area contributed by atoms with Gasteiger partial charge in [-0.25, -0.2) is 4.98 Å². The third kappa shape index (κ3) is 3.12. The van der Waals surface area contributed by atoms with Crippen LogP contribution in [0.2, 0.25) is 0 Å². The lowest BCUT2D eigenvalue weighted by atomic mass is 10.3. The molecule has 0 radical (unpaired) electrons. The second kappa shape index (κ2) is 5.91. The Kier molecular flexibility index (Phi) is 4.25. The molecule has 0 aliphatic rings. The molecule has 0 atom stereocenters. The molecule has 1 aromatic carbocycles. The van der Waals surface area contributed by atoms with Crippen LogP contribution in [0.15, 0.2) is 36.9 Å². The summed E-state index contributed by atoms with van der Waals surface area (Å²) >= 11 is 1.71. The Bertz CT molecular complexity index is 462. The Labute approximate surface area is 105 Å². The number of aliphatic hydroxyl groups is 1. The van der Waals surface area contributed by atoms with Crippen LogP contribution >= 0.6 is 11.3 Å². The number of nitrogens with zero attached hydrogens (tertiary/aromatic N) is 2. The van der Waals surface area contributed by atoms with Crippen molar-refractivity contribution in [3.05, 3.63) is 41.9 Å². The number of aromatic nitrogens is 1. The van der Waals surface area contributed by atoms with Crippen molar-refractivity contribution in [2.45, 2.75) is 6.54 Å². The molecule has 2 aromatic rings. The third-order valence-electron chi connectivity index (χ3n) is 2.50. The number of rotatable bonds is 6. The van der Waals surface area contributed by atoms with E-state index in [1.54, 1.807) is 11.3 Å². The van der Waals surface area contributed by atoms with Gasteiger partial charge < -0.3 is 5.11 Å². The topological polar surface area (TPSA) is 36.4 Å². The number of fused-ring (bicyclic) bond motifs is 1. The Balaban J connectivity index is 2.13. The van der Waals surface area contributed by atoms with Crippen LogP contribution in [0.3, 0.4) is 0 Å². The van der Waals surface area contributed by atoms with Gasteiger partial charge in [0.05, 0.1) is 23.4 Å². The minimum atomic E-state index is 0.165. The Hall–Kier alpha value is -1.23. The second-order valence-electron chi connectivity index (χ2n) is 3.82. The highest BCUT2D eigenvalue weighted by molar-refractivity contribution is 7.18. The van der Waals surface area contributed by atoms with Crippen molar-refractivity contribution in [3.8, 4) is 0 Å². The van der Waals surface area contributed by atoms with Gasteiger partial charge in [0, 0.05) is 13.1 Å². The van der Waals surface area contributed by atoms with E-state index in [-0.39, 0.29) is 6.61 Å². The van der Waals surface area contributed by atoms with Crippen molar-refractivity contribution in [2.75, 3.05) is 19.7 Å². The van der Waals surface area contributed by atoms with E-state index in [1.807, 2.05) is 24.3 Å². The highest BCUT2D eigenvalue weighted by atomic mass is 32.1. The van der Waals surface area contributed by atoms with Gasteiger partial charge in [-0.2, -0.15) is 0 Å². The second-order valence-corrected chi connectivity index (χ2v) is 4.94. The van der Waals surface area contributed by atoms with Crippen LogP contribution in [-0.2, 0) is 6.54 Å². The van der Waals surface area contributed by atoms with Gasteiger partial charge >= 0.3 is 0 Å². The molecule has 4 heteroatoms. The summed E-state index contributed by atoms with van der Waals surface area (Å²) in [7, 11) is 0. The van der Waals surface area contributed by atoms with Crippen LogP contribution in [0.5, 0.6) is 0 Å². The van der Waals surface area contributed by atoms with Crippen molar-refractivity contribution in [1.29, 1.82) is 0 Å². The van der Waals surface area contributed by atoms with Gasteiger partial charge in [0.25, 0.3) is 0 Å². The van der Waals surface area contributed by atoms with Crippen molar-refractivity contribution >= 4 is 21.6 Å². The zero-order valence-electron chi connectivity index (χ0n) is 9.67. The van der Waals surface area contributed by atoms with Gasteiger partial charge in [-0.1, -0.05) is 18.2 Å². The zero-order valence-corrected chi connectivity index (χ0v) is 10.5. The van der Waals surface area contributed by atoms with Crippen molar-refractivity contribution in [2.24, 2.45) is 0 Å². The van der Waals surface area contributed by atoms with Crippen LogP contribution in [0, 0.1) is 0 Å². The molecule has 0 amide bonds. The lowest BCUT2D eigenvalue weighted by Gasteiger charge is -2.17. The van der Waals surface area contributed by atoms with Gasteiger partial charge in [-0.05, 0) is 12.1 Å². The standard InChI is InChI=1S/C13H16N2OS/c1-2-7-15(8-9-16)10-13-14-11-5-3-4-6-12(11)17-13/h2-6,16H,1,7-10H2. The lowest BCUT2D eigenvalue weighted by molar-refractivity contribution is 0.203. The molecule has 1 heterocycles. The largest absolute Gasteiger partial charge is 0.395 e.